The summed E-state index contributed by atoms with van der Waals surface area (Å²) in [6.07, 6.45) is 9.16. The van der Waals surface area contributed by atoms with E-state index < -0.39 is 64.9 Å². The van der Waals surface area contributed by atoms with Crippen molar-refractivity contribution >= 4 is 35.3 Å². The number of carbonyl (C=O) groups is 6. The number of hydrogen-bond donors (Lipinski definition) is 4. The predicted molar refractivity (Wildman–Crippen MR) is 179 cm³/mol. The molecule has 3 aliphatic rings. The number of likely N-dealkylation sites (tertiary alicyclic amines) is 1. The number of aromatic nitrogens is 2. The van der Waals surface area contributed by atoms with Gasteiger partial charge < -0.3 is 26.2 Å². The number of hydrogen-bond acceptors (Lipinski definition) is 8. The van der Waals surface area contributed by atoms with E-state index in [-0.39, 0.29) is 23.6 Å². The molecule has 0 bridgehead atoms. The van der Waals surface area contributed by atoms with Gasteiger partial charge in [0.05, 0.1) is 12.2 Å². The molecular formula is C36H47N7O6. The summed E-state index contributed by atoms with van der Waals surface area (Å²) in [6.45, 7) is 7.69. The summed E-state index contributed by atoms with van der Waals surface area (Å²) in [5.41, 5.74) is -0.256. The number of nitrogens with zero attached hydrogens (tertiary/aromatic N) is 3. The Bertz CT molecular complexity index is 1540. The topological polar surface area (TPSA) is 180 Å². The Balaban J connectivity index is 1.37. The van der Waals surface area contributed by atoms with Gasteiger partial charge >= 0.3 is 0 Å². The van der Waals surface area contributed by atoms with Gasteiger partial charge in [0, 0.05) is 25.0 Å². The van der Waals surface area contributed by atoms with Crippen molar-refractivity contribution in [2.24, 2.45) is 17.3 Å². The molecular weight excluding hydrogens is 626 g/mol. The molecule has 3 fully saturated rings. The van der Waals surface area contributed by atoms with E-state index in [1.807, 2.05) is 27.7 Å². The van der Waals surface area contributed by atoms with Crippen LogP contribution in [0.3, 0.4) is 0 Å². The Hall–Kier alpha value is -4.68. The van der Waals surface area contributed by atoms with Crippen LogP contribution in [0.1, 0.15) is 94.7 Å². The molecule has 262 valence electrons. The number of Topliss-reactive ketones (excluding diaryl/α,β-unsaturated/α-hetero) is 1. The Morgan fingerprint density at radius 1 is 0.939 bits per heavy atom. The van der Waals surface area contributed by atoms with E-state index >= 15 is 0 Å². The molecule has 4 N–H and O–H groups in total. The molecule has 2 heterocycles. The number of ketones is 1. The van der Waals surface area contributed by atoms with E-state index in [9.17, 15) is 28.8 Å². The minimum atomic E-state index is -1.16. The highest BCUT2D eigenvalue weighted by molar-refractivity contribution is 6.38. The zero-order chi connectivity index (χ0) is 35.3. The van der Waals surface area contributed by atoms with Crippen molar-refractivity contribution in [2.75, 3.05) is 6.54 Å². The maximum absolute atomic E-state index is 14.6. The van der Waals surface area contributed by atoms with Crippen LogP contribution in [-0.4, -0.2) is 80.9 Å². The number of nitrogens with one attached hydrogen (secondary N) is 4. The maximum Gasteiger partial charge on any atom is 0.289 e. The van der Waals surface area contributed by atoms with Crippen molar-refractivity contribution in [3.05, 3.63) is 60.2 Å². The number of carbonyl (C=O) groups excluding carboxylic acids is 6. The lowest BCUT2D eigenvalue weighted by Crippen LogP contribution is -2.60. The summed E-state index contributed by atoms with van der Waals surface area (Å²) in [5, 5.41) is 11.2. The van der Waals surface area contributed by atoms with Crippen molar-refractivity contribution in [3.63, 3.8) is 0 Å². The second kappa shape index (κ2) is 15.3. The molecule has 1 saturated heterocycles. The molecule has 13 heteroatoms. The Labute approximate surface area is 286 Å². The van der Waals surface area contributed by atoms with E-state index in [4.69, 9.17) is 0 Å². The fourth-order valence-electron chi connectivity index (χ4n) is 6.93. The molecule has 1 aliphatic heterocycles. The largest absolute Gasteiger partial charge is 0.347 e. The second-order valence-electron chi connectivity index (χ2n) is 14.5. The molecule has 1 aromatic heterocycles. The maximum atomic E-state index is 14.6. The number of amides is 5. The van der Waals surface area contributed by atoms with Crippen LogP contribution < -0.4 is 21.3 Å². The first kappa shape index (κ1) is 35.6. The van der Waals surface area contributed by atoms with E-state index in [0.717, 1.165) is 32.1 Å². The fourth-order valence-corrected chi connectivity index (χ4v) is 6.93. The van der Waals surface area contributed by atoms with Crippen molar-refractivity contribution in [1.82, 2.24) is 36.1 Å². The molecule has 13 nitrogen and oxygen atoms in total. The lowest BCUT2D eigenvalue weighted by Gasteiger charge is -2.37. The molecule has 6 atom stereocenters. The summed E-state index contributed by atoms with van der Waals surface area (Å²) in [7, 11) is 0. The third kappa shape index (κ3) is 8.49. The zero-order valence-electron chi connectivity index (χ0n) is 28.6. The van der Waals surface area contributed by atoms with E-state index in [2.05, 4.69) is 31.2 Å². The lowest BCUT2D eigenvalue weighted by atomic mass is 9.85. The minimum absolute atomic E-state index is 0.00276. The second-order valence-corrected chi connectivity index (χ2v) is 14.5. The summed E-state index contributed by atoms with van der Waals surface area (Å²) in [5.74, 6) is -3.50. The molecule has 0 radical (unpaired) electrons. The average Bonchev–Trinajstić information content (AvgIpc) is 3.65. The fraction of sp³-hybridized carbons (Fsp3) is 0.556. The first-order valence-electron chi connectivity index (χ1n) is 17.3. The van der Waals surface area contributed by atoms with Gasteiger partial charge in [0.2, 0.25) is 23.5 Å². The summed E-state index contributed by atoms with van der Waals surface area (Å²) < 4.78 is 0. The van der Waals surface area contributed by atoms with Gasteiger partial charge in [-0.05, 0) is 54.9 Å². The number of benzene rings is 1. The minimum Gasteiger partial charge on any atom is -0.347 e. The summed E-state index contributed by atoms with van der Waals surface area (Å²) >= 11 is 0. The molecule has 2 saturated carbocycles. The molecule has 49 heavy (non-hydrogen) atoms. The van der Waals surface area contributed by atoms with Crippen LogP contribution in [0.25, 0.3) is 0 Å². The van der Waals surface area contributed by atoms with Crippen LogP contribution in [0.4, 0.5) is 0 Å². The molecule has 2 aliphatic carbocycles. The van der Waals surface area contributed by atoms with Crippen molar-refractivity contribution < 1.29 is 28.8 Å². The number of fused-ring (bicyclic) bond motifs is 1. The van der Waals surface area contributed by atoms with Gasteiger partial charge in [0.15, 0.2) is 0 Å². The first-order chi connectivity index (χ1) is 23.4. The van der Waals surface area contributed by atoms with Gasteiger partial charge in [-0.2, -0.15) is 0 Å². The van der Waals surface area contributed by atoms with Gasteiger partial charge in [0.1, 0.15) is 23.8 Å². The van der Waals surface area contributed by atoms with Crippen molar-refractivity contribution in [2.45, 2.75) is 103 Å². The molecule has 5 amide bonds. The summed E-state index contributed by atoms with van der Waals surface area (Å²) in [4.78, 5) is 91.0. The van der Waals surface area contributed by atoms with Crippen LogP contribution in [0.2, 0.25) is 0 Å². The monoisotopic (exact) mass is 673 g/mol. The molecule has 1 aromatic carbocycles. The standard InChI is InChI=1S/C36H47N7O6/c1-5-10-25(29(44)34(48)39-23-15-16-23)40-33(47)28-24-14-9-13-22(24)20-43(28)35(49)30(36(2,3)4)42-32(46)27(21-11-7-6-8-12-21)41-31(45)26-19-37-17-18-38-26/h6-8,11-12,17-19,22-25,27-28,30H,5,9-10,13-16,20H2,1-4H3,(H,39,48)(H,40,47)(H,41,45)(H,42,46)/t22-,24-,25-,27-,28-,30+/m0/s1. The number of rotatable bonds is 13. The van der Waals surface area contributed by atoms with Crippen molar-refractivity contribution in [1.29, 1.82) is 0 Å². The Kier molecular flexibility index (Phi) is 11.1. The van der Waals surface area contributed by atoms with Crippen LogP contribution >= 0.6 is 0 Å². The quantitative estimate of drug-likeness (QED) is 0.234. The van der Waals surface area contributed by atoms with Gasteiger partial charge in [-0.1, -0.05) is 70.9 Å². The molecule has 0 spiro atoms. The van der Waals surface area contributed by atoms with Gasteiger partial charge in [-0.25, -0.2) is 4.98 Å². The average molecular weight is 674 g/mol. The zero-order valence-corrected chi connectivity index (χ0v) is 28.6. The van der Waals surface area contributed by atoms with Gasteiger partial charge in [-0.15, -0.1) is 0 Å². The lowest BCUT2D eigenvalue weighted by molar-refractivity contribution is -0.146. The van der Waals surface area contributed by atoms with Crippen LogP contribution in [0, 0.1) is 17.3 Å². The highest BCUT2D eigenvalue weighted by Gasteiger charge is 2.52. The van der Waals surface area contributed by atoms with E-state index in [1.54, 1.807) is 35.2 Å². The Morgan fingerprint density at radius 3 is 2.31 bits per heavy atom. The third-order valence-corrected chi connectivity index (χ3v) is 9.65. The van der Waals surface area contributed by atoms with E-state index in [1.165, 1.54) is 18.6 Å². The molecule has 5 rings (SSSR count). The highest BCUT2D eigenvalue weighted by atomic mass is 16.2. The highest BCUT2D eigenvalue weighted by Crippen LogP contribution is 2.43. The predicted octanol–water partition coefficient (Wildman–Crippen LogP) is 2.24. The first-order valence-corrected chi connectivity index (χ1v) is 17.3. The molecule has 0 unspecified atom stereocenters. The van der Waals surface area contributed by atoms with Gasteiger partial charge in [0.25, 0.3) is 11.8 Å². The Morgan fingerprint density at radius 2 is 1.67 bits per heavy atom. The third-order valence-electron chi connectivity index (χ3n) is 9.65. The van der Waals surface area contributed by atoms with Crippen molar-refractivity contribution in [3.8, 4) is 0 Å². The van der Waals surface area contributed by atoms with Crippen LogP contribution in [-0.2, 0) is 24.0 Å². The smallest absolute Gasteiger partial charge is 0.289 e. The van der Waals surface area contributed by atoms with Crippen LogP contribution in [0.15, 0.2) is 48.9 Å². The summed E-state index contributed by atoms with van der Waals surface area (Å²) in [6, 6.07) is 4.61. The normalized spacial score (nSPS) is 21.9. The van der Waals surface area contributed by atoms with Gasteiger partial charge in [-0.3, -0.25) is 33.8 Å². The van der Waals surface area contributed by atoms with Crippen LogP contribution in [0.5, 0.6) is 0 Å². The molecule has 2 aromatic rings. The SMILES string of the molecule is CCC[C@H](NC(=O)[C@@H]1[C@H]2CCC[C@H]2CN1C(=O)[C@@H](NC(=O)[C@@H](NC(=O)c1cnccn1)c1ccccc1)C(C)(C)C)C(=O)C(=O)NC1CC1. The van der Waals surface area contributed by atoms with E-state index in [0.29, 0.717) is 24.9 Å².